The first-order valence-electron chi connectivity index (χ1n) is 6.71. The molecule has 1 heterocycles. The predicted octanol–water partition coefficient (Wildman–Crippen LogP) is 3.74. The van der Waals surface area contributed by atoms with Gasteiger partial charge in [0.25, 0.3) is 0 Å². The molecule has 0 radical (unpaired) electrons. The van der Waals surface area contributed by atoms with Gasteiger partial charge < -0.3 is 5.32 Å². The molecule has 1 aromatic heterocycles. The van der Waals surface area contributed by atoms with Crippen LogP contribution in [0.1, 0.15) is 45.5 Å². The maximum Gasteiger partial charge on any atom is 0.0930 e. The predicted molar refractivity (Wildman–Crippen MR) is 76.5 cm³/mol. The van der Waals surface area contributed by atoms with E-state index in [0.29, 0.717) is 5.41 Å². The summed E-state index contributed by atoms with van der Waals surface area (Å²) < 4.78 is 0. The van der Waals surface area contributed by atoms with E-state index in [1.165, 1.54) is 17.8 Å². The highest BCUT2D eigenvalue weighted by atomic mass is 32.1. The molecule has 2 nitrogen and oxygen atoms in total. The van der Waals surface area contributed by atoms with Crippen molar-refractivity contribution in [2.24, 2.45) is 11.3 Å². The standard InChI is InChI=1S/C14H26N2S/c1-5-14(6-2,11-15-10-12(3)4)9-13-16-7-8-17-13/h7-8,12,15H,5-6,9-11H2,1-4H3. The highest BCUT2D eigenvalue weighted by molar-refractivity contribution is 7.09. The lowest BCUT2D eigenvalue weighted by Gasteiger charge is -2.31. The average molecular weight is 254 g/mol. The van der Waals surface area contributed by atoms with Gasteiger partial charge in [0, 0.05) is 24.5 Å². The first-order chi connectivity index (χ1) is 8.12. The fourth-order valence-corrected chi connectivity index (χ4v) is 2.89. The van der Waals surface area contributed by atoms with Crippen molar-refractivity contribution in [1.82, 2.24) is 10.3 Å². The van der Waals surface area contributed by atoms with E-state index in [1.54, 1.807) is 11.3 Å². The zero-order chi connectivity index (χ0) is 12.7. The second-order valence-electron chi connectivity index (χ2n) is 5.33. The van der Waals surface area contributed by atoms with Gasteiger partial charge in [0.2, 0.25) is 0 Å². The SMILES string of the molecule is CCC(CC)(CNCC(C)C)Cc1nccs1. The van der Waals surface area contributed by atoms with Crippen molar-refractivity contribution in [2.45, 2.75) is 47.0 Å². The number of rotatable bonds is 8. The van der Waals surface area contributed by atoms with Crippen LogP contribution in [0.15, 0.2) is 11.6 Å². The lowest BCUT2D eigenvalue weighted by Crippen LogP contribution is -2.36. The highest BCUT2D eigenvalue weighted by Crippen LogP contribution is 2.31. The summed E-state index contributed by atoms with van der Waals surface area (Å²) in [7, 11) is 0. The van der Waals surface area contributed by atoms with E-state index >= 15 is 0 Å². The molecule has 0 spiro atoms. The van der Waals surface area contributed by atoms with Crippen LogP contribution in [0.2, 0.25) is 0 Å². The summed E-state index contributed by atoms with van der Waals surface area (Å²) >= 11 is 1.78. The molecule has 0 atom stereocenters. The highest BCUT2D eigenvalue weighted by Gasteiger charge is 2.27. The Labute approximate surface area is 110 Å². The first-order valence-corrected chi connectivity index (χ1v) is 7.59. The molecule has 1 aromatic rings. The summed E-state index contributed by atoms with van der Waals surface area (Å²) in [6.45, 7) is 11.3. The molecule has 1 rings (SSSR count). The number of nitrogens with zero attached hydrogens (tertiary/aromatic N) is 1. The molecular formula is C14H26N2S. The number of hydrogen-bond acceptors (Lipinski definition) is 3. The Bertz CT molecular complexity index is 289. The van der Waals surface area contributed by atoms with Crippen LogP contribution in [-0.4, -0.2) is 18.1 Å². The number of aromatic nitrogens is 1. The van der Waals surface area contributed by atoms with Crippen molar-refractivity contribution >= 4 is 11.3 Å². The summed E-state index contributed by atoms with van der Waals surface area (Å²) in [6.07, 6.45) is 5.46. The van der Waals surface area contributed by atoms with Crippen molar-refractivity contribution in [3.8, 4) is 0 Å². The minimum Gasteiger partial charge on any atom is -0.316 e. The Kier molecular flexibility index (Phi) is 6.14. The molecule has 0 aliphatic rings. The smallest absolute Gasteiger partial charge is 0.0930 e. The van der Waals surface area contributed by atoms with Crippen LogP contribution in [0.3, 0.4) is 0 Å². The normalized spacial score (nSPS) is 12.3. The molecule has 0 fully saturated rings. The van der Waals surface area contributed by atoms with Crippen LogP contribution < -0.4 is 5.32 Å². The van der Waals surface area contributed by atoms with E-state index in [0.717, 1.165) is 25.4 Å². The fourth-order valence-electron chi connectivity index (χ4n) is 2.10. The number of nitrogens with one attached hydrogen (secondary N) is 1. The van der Waals surface area contributed by atoms with Crippen LogP contribution in [0.25, 0.3) is 0 Å². The second kappa shape index (κ2) is 7.12. The van der Waals surface area contributed by atoms with Crippen molar-refractivity contribution in [3.05, 3.63) is 16.6 Å². The second-order valence-corrected chi connectivity index (χ2v) is 6.31. The minimum absolute atomic E-state index is 0.382. The van der Waals surface area contributed by atoms with Crippen LogP contribution in [0.4, 0.5) is 0 Å². The van der Waals surface area contributed by atoms with Gasteiger partial charge in [-0.3, -0.25) is 0 Å². The minimum atomic E-state index is 0.382. The Morgan fingerprint density at radius 1 is 1.35 bits per heavy atom. The summed E-state index contributed by atoms with van der Waals surface area (Å²) in [5, 5.41) is 6.97. The van der Waals surface area contributed by atoms with Gasteiger partial charge in [-0.25, -0.2) is 4.98 Å². The molecule has 0 aromatic carbocycles. The maximum atomic E-state index is 4.43. The molecule has 3 heteroatoms. The van der Waals surface area contributed by atoms with E-state index in [4.69, 9.17) is 0 Å². The molecule has 0 aliphatic carbocycles. The average Bonchev–Trinajstić information content (AvgIpc) is 2.80. The van der Waals surface area contributed by atoms with Gasteiger partial charge in [0.15, 0.2) is 0 Å². The molecule has 0 saturated heterocycles. The van der Waals surface area contributed by atoms with E-state index in [2.05, 4.69) is 43.4 Å². The topological polar surface area (TPSA) is 24.9 Å². The third kappa shape index (κ3) is 4.76. The van der Waals surface area contributed by atoms with Gasteiger partial charge in [0.05, 0.1) is 5.01 Å². The quantitative estimate of drug-likeness (QED) is 0.764. The van der Waals surface area contributed by atoms with Gasteiger partial charge >= 0.3 is 0 Å². The summed E-state index contributed by atoms with van der Waals surface area (Å²) in [4.78, 5) is 4.43. The molecule has 0 amide bonds. The largest absolute Gasteiger partial charge is 0.316 e. The molecule has 0 saturated carbocycles. The summed E-state index contributed by atoms with van der Waals surface area (Å²) in [5.74, 6) is 0.723. The van der Waals surface area contributed by atoms with Crippen LogP contribution in [-0.2, 0) is 6.42 Å². The Morgan fingerprint density at radius 2 is 2.06 bits per heavy atom. The van der Waals surface area contributed by atoms with Crippen molar-refractivity contribution in [1.29, 1.82) is 0 Å². The van der Waals surface area contributed by atoms with Crippen LogP contribution >= 0.6 is 11.3 Å². The lowest BCUT2D eigenvalue weighted by atomic mass is 9.79. The van der Waals surface area contributed by atoms with Crippen molar-refractivity contribution < 1.29 is 0 Å². The Morgan fingerprint density at radius 3 is 2.53 bits per heavy atom. The zero-order valence-corrected chi connectivity index (χ0v) is 12.4. The monoisotopic (exact) mass is 254 g/mol. The number of hydrogen-bond donors (Lipinski definition) is 1. The molecule has 0 aliphatic heterocycles. The molecule has 1 N–H and O–H groups in total. The van der Waals surface area contributed by atoms with Gasteiger partial charge in [-0.15, -0.1) is 11.3 Å². The molecular weight excluding hydrogens is 228 g/mol. The van der Waals surface area contributed by atoms with Crippen LogP contribution in [0.5, 0.6) is 0 Å². The van der Waals surface area contributed by atoms with Gasteiger partial charge in [-0.2, -0.15) is 0 Å². The van der Waals surface area contributed by atoms with Gasteiger partial charge in [-0.05, 0) is 30.7 Å². The number of thiazole rings is 1. The molecule has 0 bridgehead atoms. The third-order valence-electron chi connectivity index (χ3n) is 3.56. The van der Waals surface area contributed by atoms with E-state index in [-0.39, 0.29) is 0 Å². The fraction of sp³-hybridized carbons (Fsp3) is 0.786. The molecule has 17 heavy (non-hydrogen) atoms. The van der Waals surface area contributed by atoms with Crippen LogP contribution in [0, 0.1) is 11.3 Å². The van der Waals surface area contributed by atoms with E-state index in [1.807, 2.05) is 6.20 Å². The van der Waals surface area contributed by atoms with Gasteiger partial charge in [0.1, 0.15) is 0 Å². The molecule has 98 valence electrons. The Hall–Kier alpha value is -0.410. The molecule has 0 unspecified atom stereocenters. The summed E-state index contributed by atoms with van der Waals surface area (Å²) in [5.41, 5.74) is 0.382. The van der Waals surface area contributed by atoms with E-state index < -0.39 is 0 Å². The Balaban J connectivity index is 2.55. The van der Waals surface area contributed by atoms with E-state index in [9.17, 15) is 0 Å². The third-order valence-corrected chi connectivity index (χ3v) is 4.34. The maximum absolute atomic E-state index is 4.43. The van der Waals surface area contributed by atoms with Crippen molar-refractivity contribution in [2.75, 3.05) is 13.1 Å². The zero-order valence-electron chi connectivity index (χ0n) is 11.6. The summed E-state index contributed by atoms with van der Waals surface area (Å²) in [6, 6.07) is 0. The first kappa shape index (κ1) is 14.7. The lowest BCUT2D eigenvalue weighted by molar-refractivity contribution is 0.242. The van der Waals surface area contributed by atoms with Gasteiger partial charge in [-0.1, -0.05) is 27.7 Å². The van der Waals surface area contributed by atoms with Crippen molar-refractivity contribution in [3.63, 3.8) is 0 Å².